The Morgan fingerprint density at radius 3 is 2.55 bits per heavy atom. The maximum absolute atomic E-state index is 13.8. The van der Waals surface area contributed by atoms with Crippen molar-refractivity contribution < 1.29 is 8.42 Å². The molecule has 1 fully saturated rings. The van der Waals surface area contributed by atoms with Gasteiger partial charge < -0.3 is 4.90 Å². The molecule has 0 unspecified atom stereocenters. The highest BCUT2D eigenvalue weighted by molar-refractivity contribution is 7.89. The zero-order valence-corrected chi connectivity index (χ0v) is 20.0. The van der Waals surface area contributed by atoms with Gasteiger partial charge in [-0.1, -0.05) is 51.0 Å². The summed E-state index contributed by atoms with van der Waals surface area (Å²) in [7, 11) is -3.55. The summed E-state index contributed by atoms with van der Waals surface area (Å²) in [5, 5.41) is 0. The van der Waals surface area contributed by atoms with Crippen molar-refractivity contribution in [3.05, 3.63) is 59.2 Å². The molecule has 5 heteroatoms. The smallest absolute Gasteiger partial charge is 0.243 e. The number of aryl methyl sites for hydroxylation is 1. The van der Waals surface area contributed by atoms with E-state index in [0.717, 1.165) is 62.7 Å². The Hall–Kier alpha value is -1.85. The zero-order valence-electron chi connectivity index (χ0n) is 19.2. The van der Waals surface area contributed by atoms with Gasteiger partial charge in [-0.3, -0.25) is 0 Å². The van der Waals surface area contributed by atoms with E-state index in [9.17, 15) is 8.42 Å². The third kappa shape index (κ3) is 4.68. The number of anilines is 1. The first-order valence-electron chi connectivity index (χ1n) is 11.9. The molecule has 2 aromatic carbocycles. The van der Waals surface area contributed by atoms with E-state index in [-0.39, 0.29) is 6.04 Å². The van der Waals surface area contributed by atoms with Crippen molar-refractivity contribution in [2.24, 2.45) is 0 Å². The zero-order chi connectivity index (χ0) is 22.0. The second kappa shape index (κ2) is 9.33. The molecule has 4 nitrogen and oxygen atoms in total. The van der Waals surface area contributed by atoms with Gasteiger partial charge in [-0.2, -0.15) is 4.31 Å². The average Bonchev–Trinajstić information content (AvgIpc) is 3.31. The molecule has 1 aliphatic heterocycles. The fourth-order valence-electron chi connectivity index (χ4n) is 5.11. The van der Waals surface area contributed by atoms with Gasteiger partial charge >= 0.3 is 0 Å². The molecular formula is C26H36N2O2S. The Morgan fingerprint density at radius 1 is 1.06 bits per heavy atom. The lowest BCUT2D eigenvalue weighted by molar-refractivity contribution is 0.316. The number of benzene rings is 2. The maximum atomic E-state index is 13.8. The van der Waals surface area contributed by atoms with Gasteiger partial charge in [-0.25, -0.2) is 8.42 Å². The minimum atomic E-state index is -3.55. The fraction of sp³-hybridized carbons (Fsp3) is 0.538. The van der Waals surface area contributed by atoms with E-state index in [1.54, 1.807) is 10.4 Å². The lowest BCUT2D eigenvalue weighted by Gasteiger charge is -2.32. The van der Waals surface area contributed by atoms with Gasteiger partial charge in [-0.05, 0) is 73.4 Å². The van der Waals surface area contributed by atoms with Crippen LogP contribution in [-0.2, 0) is 23.0 Å². The van der Waals surface area contributed by atoms with E-state index in [4.69, 9.17) is 0 Å². The lowest BCUT2D eigenvalue weighted by atomic mass is 9.99. The van der Waals surface area contributed by atoms with Gasteiger partial charge in [0.25, 0.3) is 0 Å². The SMILES string of the molecule is CCN1CCCc2cc(CN(C3CCCC3)S(=O)(=O)c3cccc(C(C)C)c3)ccc21. The molecule has 1 heterocycles. The Labute approximate surface area is 188 Å². The van der Waals surface area contributed by atoms with Crippen molar-refractivity contribution in [3.63, 3.8) is 0 Å². The van der Waals surface area contributed by atoms with Crippen LogP contribution in [0.5, 0.6) is 0 Å². The summed E-state index contributed by atoms with van der Waals surface area (Å²) >= 11 is 0. The van der Waals surface area contributed by atoms with Crippen molar-refractivity contribution >= 4 is 15.7 Å². The summed E-state index contributed by atoms with van der Waals surface area (Å²) < 4.78 is 29.4. The van der Waals surface area contributed by atoms with Crippen molar-refractivity contribution in [2.45, 2.75) is 82.7 Å². The highest BCUT2D eigenvalue weighted by Gasteiger charge is 2.33. The Kier molecular flexibility index (Phi) is 6.73. The number of sulfonamides is 1. The van der Waals surface area contributed by atoms with E-state index in [1.807, 2.05) is 18.2 Å². The molecule has 31 heavy (non-hydrogen) atoms. The molecule has 2 aromatic rings. The molecule has 0 spiro atoms. The van der Waals surface area contributed by atoms with E-state index in [2.05, 4.69) is 43.9 Å². The van der Waals surface area contributed by atoms with Crippen molar-refractivity contribution in [3.8, 4) is 0 Å². The van der Waals surface area contributed by atoms with E-state index < -0.39 is 10.0 Å². The van der Waals surface area contributed by atoms with Gasteiger partial charge in [-0.15, -0.1) is 0 Å². The number of fused-ring (bicyclic) bond motifs is 1. The summed E-state index contributed by atoms with van der Waals surface area (Å²) in [4.78, 5) is 2.85. The number of nitrogens with zero attached hydrogens (tertiary/aromatic N) is 2. The van der Waals surface area contributed by atoms with Crippen LogP contribution in [-0.4, -0.2) is 31.9 Å². The van der Waals surface area contributed by atoms with Gasteiger partial charge in [0.05, 0.1) is 4.90 Å². The van der Waals surface area contributed by atoms with Crippen molar-refractivity contribution in [1.29, 1.82) is 0 Å². The number of hydrogen-bond donors (Lipinski definition) is 0. The normalized spacial score (nSPS) is 17.5. The standard InChI is InChI=1S/C26H36N2O2S/c1-4-27-16-8-10-23-17-21(14-15-26(23)27)19-28(24-11-5-6-12-24)31(29,30)25-13-7-9-22(18-25)20(2)3/h7,9,13-15,17-18,20,24H,4-6,8,10-12,16,19H2,1-3H3. The summed E-state index contributed by atoms with van der Waals surface area (Å²) in [6.45, 7) is 8.99. The molecule has 0 bridgehead atoms. The molecule has 0 amide bonds. The number of rotatable bonds is 7. The monoisotopic (exact) mass is 440 g/mol. The molecule has 0 saturated heterocycles. The Balaban J connectivity index is 1.67. The first-order valence-corrected chi connectivity index (χ1v) is 13.3. The predicted octanol–water partition coefficient (Wildman–Crippen LogP) is 5.72. The average molecular weight is 441 g/mol. The molecule has 0 atom stereocenters. The van der Waals surface area contributed by atoms with Crippen LogP contribution in [0.4, 0.5) is 5.69 Å². The summed E-state index contributed by atoms with van der Waals surface area (Å²) in [6.07, 6.45) is 6.37. The summed E-state index contributed by atoms with van der Waals surface area (Å²) in [6, 6.07) is 14.2. The molecule has 0 aromatic heterocycles. The lowest BCUT2D eigenvalue weighted by Crippen LogP contribution is -2.38. The largest absolute Gasteiger partial charge is 0.372 e. The summed E-state index contributed by atoms with van der Waals surface area (Å²) in [5.41, 5.74) is 4.85. The third-order valence-corrected chi connectivity index (χ3v) is 8.84. The van der Waals surface area contributed by atoms with Crippen LogP contribution >= 0.6 is 0 Å². The minimum absolute atomic E-state index is 0.0934. The van der Waals surface area contributed by atoms with Crippen molar-refractivity contribution in [2.75, 3.05) is 18.0 Å². The molecule has 0 radical (unpaired) electrons. The molecular weight excluding hydrogens is 404 g/mol. The molecule has 4 rings (SSSR count). The van der Waals surface area contributed by atoms with Crippen LogP contribution in [0.2, 0.25) is 0 Å². The highest BCUT2D eigenvalue weighted by atomic mass is 32.2. The molecule has 0 N–H and O–H groups in total. The van der Waals surface area contributed by atoms with Crippen LogP contribution in [0, 0.1) is 0 Å². The van der Waals surface area contributed by atoms with Gasteiger partial charge in [0, 0.05) is 31.4 Å². The van der Waals surface area contributed by atoms with Crippen LogP contribution in [0.25, 0.3) is 0 Å². The Bertz CT molecular complexity index is 1010. The quantitative estimate of drug-likeness (QED) is 0.553. The second-order valence-electron chi connectivity index (χ2n) is 9.36. The highest BCUT2D eigenvalue weighted by Crippen LogP contribution is 2.33. The first-order chi connectivity index (χ1) is 14.9. The van der Waals surface area contributed by atoms with Gasteiger partial charge in [0.15, 0.2) is 0 Å². The van der Waals surface area contributed by atoms with E-state index in [1.165, 1.54) is 11.3 Å². The van der Waals surface area contributed by atoms with Crippen LogP contribution in [0.3, 0.4) is 0 Å². The molecule has 2 aliphatic rings. The Morgan fingerprint density at radius 2 is 1.84 bits per heavy atom. The predicted molar refractivity (Wildman–Crippen MR) is 128 cm³/mol. The van der Waals surface area contributed by atoms with E-state index >= 15 is 0 Å². The minimum Gasteiger partial charge on any atom is -0.372 e. The number of hydrogen-bond acceptors (Lipinski definition) is 3. The fourth-order valence-corrected chi connectivity index (χ4v) is 6.84. The van der Waals surface area contributed by atoms with Crippen LogP contribution in [0.1, 0.15) is 75.5 Å². The molecule has 1 aliphatic carbocycles. The van der Waals surface area contributed by atoms with Crippen LogP contribution in [0.15, 0.2) is 47.4 Å². The summed E-state index contributed by atoms with van der Waals surface area (Å²) in [5.74, 6) is 0.303. The first kappa shape index (κ1) is 22.3. The van der Waals surface area contributed by atoms with Crippen LogP contribution < -0.4 is 4.90 Å². The molecule has 1 saturated carbocycles. The molecule has 168 valence electrons. The van der Waals surface area contributed by atoms with Crippen molar-refractivity contribution in [1.82, 2.24) is 4.31 Å². The van der Waals surface area contributed by atoms with Gasteiger partial charge in [0.1, 0.15) is 0 Å². The second-order valence-corrected chi connectivity index (χ2v) is 11.3. The van der Waals surface area contributed by atoms with E-state index in [0.29, 0.717) is 17.4 Å². The maximum Gasteiger partial charge on any atom is 0.243 e. The topological polar surface area (TPSA) is 40.6 Å². The van der Waals surface area contributed by atoms with Gasteiger partial charge in [0.2, 0.25) is 10.0 Å². The third-order valence-electron chi connectivity index (χ3n) is 6.94.